The maximum Gasteiger partial charge on any atom is -0.0288 e. The summed E-state index contributed by atoms with van der Waals surface area (Å²) < 4.78 is 0. The van der Waals surface area contributed by atoms with Gasteiger partial charge in [0.2, 0.25) is 0 Å². The van der Waals surface area contributed by atoms with Gasteiger partial charge in [-0.1, -0.05) is 71.6 Å². The molecular weight excluding hydrogens is 360 g/mol. The fraction of sp³-hybridized carbons (Fsp3) is 0.667. The highest BCUT2D eigenvalue weighted by atomic mass is 14.1. The van der Waals surface area contributed by atoms with Crippen molar-refractivity contribution in [2.45, 2.75) is 126 Å². The maximum absolute atomic E-state index is 2.48. The number of hydrogen-bond acceptors (Lipinski definition) is 0. The summed E-state index contributed by atoms with van der Waals surface area (Å²) in [6, 6.07) is 0. The van der Waals surface area contributed by atoms with Crippen LogP contribution < -0.4 is 0 Å². The number of rotatable bonds is 16. The smallest absolute Gasteiger partial charge is 0.0288 e. The van der Waals surface area contributed by atoms with Gasteiger partial charge in [-0.05, 0) is 119 Å². The Morgan fingerprint density at radius 1 is 0.500 bits per heavy atom. The largest absolute Gasteiger partial charge is 0.0856 e. The monoisotopic (exact) mass is 412 g/mol. The van der Waals surface area contributed by atoms with Crippen LogP contribution in [0.25, 0.3) is 0 Å². The Balaban J connectivity index is 3.91. The van der Waals surface area contributed by atoms with Crippen molar-refractivity contribution in [1.82, 2.24) is 0 Å². The lowest BCUT2D eigenvalue weighted by Crippen LogP contribution is -1.94. The molecule has 0 N–H and O–H groups in total. The van der Waals surface area contributed by atoms with Gasteiger partial charge < -0.3 is 0 Å². The van der Waals surface area contributed by atoms with E-state index in [1.165, 1.54) is 87.3 Å². The quantitative estimate of drug-likeness (QED) is 0.175. The predicted octanol–water partition coefficient (Wildman–Crippen LogP) is 10.7. The van der Waals surface area contributed by atoms with Crippen molar-refractivity contribution < 1.29 is 0 Å². The van der Waals surface area contributed by atoms with Crippen molar-refractivity contribution in [2.24, 2.45) is 5.92 Å². The summed E-state index contributed by atoms with van der Waals surface area (Å²) in [5, 5.41) is 0. The van der Waals surface area contributed by atoms with Gasteiger partial charge in [0, 0.05) is 0 Å². The minimum Gasteiger partial charge on any atom is -0.0856 e. The molecule has 0 aliphatic carbocycles. The topological polar surface area (TPSA) is 0 Å². The molecule has 1 unspecified atom stereocenters. The molecular formula is C30H52. The molecule has 0 aliphatic heterocycles. The van der Waals surface area contributed by atoms with Crippen LogP contribution >= 0.6 is 0 Å². The normalized spacial score (nSPS) is 13.9. The second-order valence-corrected chi connectivity index (χ2v) is 9.94. The lowest BCUT2D eigenvalue weighted by molar-refractivity contribution is 0.480. The maximum atomic E-state index is 2.48. The van der Waals surface area contributed by atoms with Crippen molar-refractivity contribution in [1.29, 1.82) is 0 Å². The Morgan fingerprint density at radius 2 is 0.900 bits per heavy atom. The standard InChI is InChI=1S/C30H52/c1-25(2)15-11-19-29(7)23-13-21-27(5)17-9-10-18-28(6)22-14-24-30(8)20-12-16-26(3)4/h15-17,23-24,28H,9-14,18-22H2,1-8H3/b27-17+,29-23+,30-24-. The van der Waals surface area contributed by atoms with Crippen molar-refractivity contribution in [3.8, 4) is 0 Å². The SMILES string of the molecule is CC(C)=CCC/C(C)=C\CCC(C)CCC/C=C(\C)CC/C=C(\C)CCC=C(C)C. The van der Waals surface area contributed by atoms with Crippen LogP contribution in [0.4, 0.5) is 0 Å². The molecule has 0 heteroatoms. The van der Waals surface area contributed by atoms with Gasteiger partial charge >= 0.3 is 0 Å². The molecule has 0 heterocycles. The molecule has 0 saturated heterocycles. The molecule has 0 aromatic rings. The highest BCUT2D eigenvalue weighted by molar-refractivity contribution is 5.05. The van der Waals surface area contributed by atoms with Gasteiger partial charge in [0.25, 0.3) is 0 Å². The molecule has 0 spiro atoms. The van der Waals surface area contributed by atoms with Crippen LogP contribution in [0.1, 0.15) is 126 Å². The van der Waals surface area contributed by atoms with Gasteiger partial charge in [0.1, 0.15) is 0 Å². The van der Waals surface area contributed by atoms with Gasteiger partial charge in [-0.15, -0.1) is 0 Å². The molecule has 172 valence electrons. The minimum atomic E-state index is 0.840. The van der Waals surface area contributed by atoms with Gasteiger partial charge in [-0.25, -0.2) is 0 Å². The molecule has 0 amide bonds. The molecule has 0 bridgehead atoms. The Morgan fingerprint density at radius 3 is 1.37 bits per heavy atom. The molecule has 0 aromatic heterocycles. The summed E-state index contributed by atoms with van der Waals surface area (Å²) in [7, 11) is 0. The first kappa shape index (κ1) is 28.7. The fourth-order valence-electron chi connectivity index (χ4n) is 3.60. The highest BCUT2D eigenvalue weighted by Crippen LogP contribution is 2.18. The molecule has 0 aromatic carbocycles. The van der Waals surface area contributed by atoms with Crippen molar-refractivity contribution >= 4 is 0 Å². The van der Waals surface area contributed by atoms with E-state index in [1.807, 2.05) is 0 Å². The average molecular weight is 413 g/mol. The molecule has 0 fully saturated rings. The van der Waals surface area contributed by atoms with E-state index in [4.69, 9.17) is 0 Å². The number of unbranched alkanes of at least 4 members (excludes halogenated alkanes) is 1. The lowest BCUT2D eigenvalue weighted by atomic mass is 9.97. The predicted molar refractivity (Wildman–Crippen MR) is 140 cm³/mol. The van der Waals surface area contributed by atoms with Gasteiger partial charge in [-0.3, -0.25) is 0 Å². The van der Waals surface area contributed by atoms with E-state index in [1.54, 1.807) is 11.1 Å². The Labute approximate surface area is 190 Å². The van der Waals surface area contributed by atoms with Crippen LogP contribution in [0.15, 0.2) is 58.2 Å². The van der Waals surface area contributed by atoms with E-state index in [0.717, 1.165) is 5.92 Å². The summed E-state index contributed by atoms with van der Waals surface area (Å²) in [4.78, 5) is 0. The zero-order valence-corrected chi connectivity index (χ0v) is 21.7. The lowest BCUT2D eigenvalue weighted by Gasteiger charge is -2.09. The zero-order chi connectivity index (χ0) is 22.8. The second-order valence-electron chi connectivity index (χ2n) is 9.94. The third kappa shape index (κ3) is 20.0. The molecule has 0 saturated carbocycles. The second kappa shape index (κ2) is 18.5. The van der Waals surface area contributed by atoms with E-state index in [0.29, 0.717) is 0 Å². The van der Waals surface area contributed by atoms with Crippen LogP contribution in [0.5, 0.6) is 0 Å². The number of allylic oxidation sites excluding steroid dienone is 10. The third-order valence-corrected chi connectivity index (χ3v) is 5.76. The van der Waals surface area contributed by atoms with E-state index in [-0.39, 0.29) is 0 Å². The Bertz CT molecular complexity index is 584. The zero-order valence-electron chi connectivity index (χ0n) is 21.7. The van der Waals surface area contributed by atoms with E-state index >= 15 is 0 Å². The number of hydrogen-bond donors (Lipinski definition) is 0. The summed E-state index contributed by atoms with van der Waals surface area (Å²) in [6.07, 6.45) is 25.8. The van der Waals surface area contributed by atoms with Crippen LogP contribution in [0, 0.1) is 5.92 Å². The fourth-order valence-corrected chi connectivity index (χ4v) is 3.60. The van der Waals surface area contributed by atoms with Crippen molar-refractivity contribution in [3.05, 3.63) is 58.2 Å². The summed E-state index contributed by atoms with van der Waals surface area (Å²) in [6.45, 7) is 18.0. The van der Waals surface area contributed by atoms with Gasteiger partial charge in [0.05, 0.1) is 0 Å². The van der Waals surface area contributed by atoms with Crippen LogP contribution in [0.2, 0.25) is 0 Å². The first-order valence-corrected chi connectivity index (χ1v) is 12.4. The Hall–Kier alpha value is -1.30. The highest BCUT2D eigenvalue weighted by Gasteiger charge is 2.01. The summed E-state index contributed by atoms with van der Waals surface area (Å²) >= 11 is 0. The van der Waals surface area contributed by atoms with Gasteiger partial charge in [0.15, 0.2) is 0 Å². The van der Waals surface area contributed by atoms with Crippen LogP contribution in [0.3, 0.4) is 0 Å². The van der Waals surface area contributed by atoms with E-state index in [2.05, 4.69) is 85.8 Å². The first-order chi connectivity index (χ1) is 14.2. The first-order valence-electron chi connectivity index (χ1n) is 12.4. The Kier molecular flexibility index (Phi) is 17.7. The van der Waals surface area contributed by atoms with E-state index < -0.39 is 0 Å². The molecule has 0 radical (unpaired) electrons. The molecule has 1 atom stereocenters. The molecule has 0 rings (SSSR count). The van der Waals surface area contributed by atoms with E-state index in [9.17, 15) is 0 Å². The van der Waals surface area contributed by atoms with Crippen molar-refractivity contribution in [2.75, 3.05) is 0 Å². The van der Waals surface area contributed by atoms with Crippen LogP contribution in [-0.2, 0) is 0 Å². The van der Waals surface area contributed by atoms with Crippen LogP contribution in [-0.4, -0.2) is 0 Å². The molecule has 30 heavy (non-hydrogen) atoms. The molecule has 0 aliphatic rings. The summed E-state index contributed by atoms with van der Waals surface area (Å²) in [5.41, 5.74) is 7.51. The molecule has 0 nitrogen and oxygen atoms in total. The average Bonchev–Trinajstić information content (AvgIpc) is 2.64. The summed E-state index contributed by atoms with van der Waals surface area (Å²) in [5.74, 6) is 0.840. The minimum absolute atomic E-state index is 0.840. The van der Waals surface area contributed by atoms with Crippen molar-refractivity contribution in [3.63, 3.8) is 0 Å². The third-order valence-electron chi connectivity index (χ3n) is 5.76. The van der Waals surface area contributed by atoms with Gasteiger partial charge in [-0.2, -0.15) is 0 Å².